The fourth-order valence-electron chi connectivity index (χ4n) is 1.29. The SMILES string of the molecule is O=C(Cn1ccnn1)NC1(C(=O)O)CC1. The molecule has 0 saturated heterocycles. The zero-order valence-electron chi connectivity index (χ0n) is 7.88. The number of hydrogen-bond donors (Lipinski definition) is 2. The number of nitrogens with one attached hydrogen (secondary N) is 1. The van der Waals surface area contributed by atoms with Gasteiger partial charge in [-0.2, -0.15) is 0 Å². The van der Waals surface area contributed by atoms with Crippen molar-refractivity contribution in [2.45, 2.75) is 24.9 Å². The first-order valence-electron chi connectivity index (χ1n) is 4.51. The summed E-state index contributed by atoms with van der Waals surface area (Å²) in [6, 6.07) is 0. The Bertz CT molecular complexity index is 383. The van der Waals surface area contributed by atoms with Gasteiger partial charge in [0.1, 0.15) is 12.1 Å². The van der Waals surface area contributed by atoms with Crippen LogP contribution in [0, 0.1) is 0 Å². The number of carboxylic acid groups (broad SMARTS) is 1. The fraction of sp³-hybridized carbons (Fsp3) is 0.500. The van der Waals surface area contributed by atoms with Gasteiger partial charge in [0.2, 0.25) is 5.91 Å². The maximum Gasteiger partial charge on any atom is 0.329 e. The first-order chi connectivity index (χ1) is 7.12. The van der Waals surface area contributed by atoms with Crippen LogP contribution in [0.5, 0.6) is 0 Å². The van der Waals surface area contributed by atoms with Crippen molar-refractivity contribution >= 4 is 11.9 Å². The maximum absolute atomic E-state index is 11.4. The monoisotopic (exact) mass is 210 g/mol. The lowest BCUT2D eigenvalue weighted by Crippen LogP contribution is -2.44. The molecule has 0 aliphatic heterocycles. The lowest BCUT2D eigenvalue weighted by Gasteiger charge is -2.11. The Hall–Kier alpha value is -1.92. The fourth-order valence-corrected chi connectivity index (χ4v) is 1.29. The van der Waals surface area contributed by atoms with Crippen LogP contribution in [-0.4, -0.2) is 37.5 Å². The Labute approximate surface area is 85.1 Å². The quantitative estimate of drug-likeness (QED) is 0.665. The molecule has 1 aliphatic rings. The van der Waals surface area contributed by atoms with Gasteiger partial charge in [0.05, 0.1) is 6.20 Å². The number of aliphatic carboxylic acids is 1. The van der Waals surface area contributed by atoms with Crippen LogP contribution >= 0.6 is 0 Å². The molecule has 1 heterocycles. The summed E-state index contributed by atoms with van der Waals surface area (Å²) in [5.41, 5.74) is -1.03. The maximum atomic E-state index is 11.4. The molecule has 0 radical (unpaired) electrons. The van der Waals surface area contributed by atoms with Crippen LogP contribution in [0.15, 0.2) is 12.4 Å². The number of carbonyl (C=O) groups excluding carboxylic acids is 1. The van der Waals surface area contributed by atoms with E-state index in [1.807, 2.05) is 0 Å². The Morgan fingerprint density at radius 3 is 2.73 bits per heavy atom. The van der Waals surface area contributed by atoms with Crippen LogP contribution in [0.25, 0.3) is 0 Å². The minimum absolute atomic E-state index is 0.00493. The van der Waals surface area contributed by atoms with Crippen LogP contribution < -0.4 is 5.32 Å². The third kappa shape index (κ3) is 1.95. The van der Waals surface area contributed by atoms with Gasteiger partial charge in [-0.15, -0.1) is 5.10 Å². The van der Waals surface area contributed by atoms with Crippen molar-refractivity contribution in [3.05, 3.63) is 12.4 Å². The lowest BCUT2D eigenvalue weighted by molar-refractivity contribution is -0.143. The number of carbonyl (C=O) groups is 2. The van der Waals surface area contributed by atoms with Crippen LogP contribution in [0.3, 0.4) is 0 Å². The molecule has 1 saturated carbocycles. The van der Waals surface area contributed by atoms with E-state index >= 15 is 0 Å². The number of nitrogens with zero attached hydrogens (tertiary/aromatic N) is 3. The highest BCUT2D eigenvalue weighted by Gasteiger charge is 2.51. The second-order valence-electron chi connectivity index (χ2n) is 3.54. The second kappa shape index (κ2) is 3.34. The van der Waals surface area contributed by atoms with Crippen molar-refractivity contribution in [1.29, 1.82) is 0 Å². The van der Waals surface area contributed by atoms with E-state index in [9.17, 15) is 9.59 Å². The molecule has 0 unspecified atom stereocenters. The normalized spacial score (nSPS) is 17.1. The summed E-state index contributed by atoms with van der Waals surface area (Å²) >= 11 is 0. The molecule has 7 nitrogen and oxygen atoms in total. The molecule has 1 fully saturated rings. The Balaban J connectivity index is 1.91. The zero-order valence-corrected chi connectivity index (χ0v) is 7.88. The molecular formula is C8H10N4O3. The third-order valence-electron chi connectivity index (χ3n) is 2.32. The lowest BCUT2D eigenvalue weighted by atomic mass is 10.3. The molecular weight excluding hydrogens is 200 g/mol. The predicted octanol–water partition coefficient (Wildman–Crippen LogP) is -0.989. The summed E-state index contributed by atoms with van der Waals surface area (Å²) in [6.45, 7) is -0.00493. The molecule has 2 rings (SSSR count). The van der Waals surface area contributed by atoms with E-state index < -0.39 is 11.5 Å². The highest BCUT2D eigenvalue weighted by molar-refractivity contribution is 5.89. The Morgan fingerprint density at radius 1 is 1.53 bits per heavy atom. The average Bonchev–Trinajstić information content (AvgIpc) is 2.75. The summed E-state index contributed by atoms with van der Waals surface area (Å²) in [6.07, 6.45) is 3.98. The molecule has 80 valence electrons. The van der Waals surface area contributed by atoms with E-state index in [0.717, 1.165) is 0 Å². The van der Waals surface area contributed by atoms with Gasteiger partial charge >= 0.3 is 5.97 Å². The van der Waals surface area contributed by atoms with Crippen molar-refractivity contribution in [2.24, 2.45) is 0 Å². The van der Waals surface area contributed by atoms with E-state index in [-0.39, 0.29) is 12.5 Å². The van der Waals surface area contributed by atoms with Gasteiger partial charge in [0.25, 0.3) is 0 Å². The van der Waals surface area contributed by atoms with Gasteiger partial charge in [-0.05, 0) is 12.8 Å². The molecule has 7 heteroatoms. The Morgan fingerprint density at radius 2 is 2.27 bits per heavy atom. The minimum atomic E-state index is -1.03. The number of amides is 1. The van der Waals surface area contributed by atoms with Crippen LogP contribution in [0.1, 0.15) is 12.8 Å². The summed E-state index contributed by atoms with van der Waals surface area (Å²) in [5, 5.41) is 18.5. The molecule has 1 amide bonds. The number of carboxylic acids is 1. The van der Waals surface area contributed by atoms with E-state index in [2.05, 4.69) is 15.6 Å². The molecule has 1 aliphatic carbocycles. The van der Waals surface area contributed by atoms with Crippen molar-refractivity contribution < 1.29 is 14.7 Å². The molecule has 0 aromatic carbocycles. The van der Waals surface area contributed by atoms with Gasteiger partial charge in [-0.1, -0.05) is 5.21 Å². The van der Waals surface area contributed by atoms with Crippen LogP contribution in [0.2, 0.25) is 0 Å². The smallest absolute Gasteiger partial charge is 0.329 e. The topological polar surface area (TPSA) is 97.1 Å². The predicted molar refractivity (Wildman–Crippen MR) is 47.8 cm³/mol. The molecule has 2 N–H and O–H groups in total. The zero-order chi connectivity index (χ0) is 10.9. The second-order valence-corrected chi connectivity index (χ2v) is 3.54. The summed E-state index contributed by atoms with van der Waals surface area (Å²) in [7, 11) is 0. The van der Waals surface area contributed by atoms with Gasteiger partial charge < -0.3 is 10.4 Å². The highest BCUT2D eigenvalue weighted by Crippen LogP contribution is 2.35. The average molecular weight is 210 g/mol. The van der Waals surface area contributed by atoms with E-state index in [0.29, 0.717) is 12.8 Å². The summed E-state index contributed by atoms with van der Waals surface area (Å²) in [5.74, 6) is -1.34. The first-order valence-corrected chi connectivity index (χ1v) is 4.51. The standard InChI is InChI=1S/C8H10N4O3/c13-6(5-12-4-3-9-11-12)10-8(1-2-8)7(14)15/h3-4H,1-2,5H2,(H,10,13)(H,14,15). The molecule has 1 aromatic heterocycles. The molecule has 15 heavy (non-hydrogen) atoms. The van der Waals surface area contributed by atoms with E-state index in [1.54, 1.807) is 6.20 Å². The van der Waals surface area contributed by atoms with Crippen molar-refractivity contribution in [3.8, 4) is 0 Å². The van der Waals surface area contributed by atoms with Crippen LogP contribution in [-0.2, 0) is 16.1 Å². The molecule has 1 aromatic rings. The van der Waals surface area contributed by atoms with Gasteiger partial charge in [-0.25, -0.2) is 9.48 Å². The van der Waals surface area contributed by atoms with Crippen LogP contribution in [0.4, 0.5) is 0 Å². The number of aromatic nitrogens is 3. The largest absolute Gasteiger partial charge is 0.480 e. The Kier molecular flexibility index (Phi) is 2.14. The first kappa shape index (κ1) is 9.63. The van der Waals surface area contributed by atoms with Crippen molar-refractivity contribution in [3.63, 3.8) is 0 Å². The van der Waals surface area contributed by atoms with E-state index in [1.165, 1.54) is 10.9 Å². The molecule has 0 spiro atoms. The summed E-state index contributed by atoms with van der Waals surface area (Å²) < 4.78 is 1.34. The number of rotatable bonds is 4. The minimum Gasteiger partial charge on any atom is -0.480 e. The third-order valence-corrected chi connectivity index (χ3v) is 2.32. The van der Waals surface area contributed by atoms with Gasteiger partial charge in [0, 0.05) is 6.20 Å². The van der Waals surface area contributed by atoms with Crippen molar-refractivity contribution in [2.75, 3.05) is 0 Å². The summed E-state index contributed by atoms with van der Waals surface area (Å²) in [4.78, 5) is 22.2. The van der Waals surface area contributed by atoms with E-state index in [4.69, 9.17) is 5.11 Å². The highest BCUT2D eigenvalue weighted by atomic mass is 16.4. The molecule has 0 atom stereocenters. The number of hydrogen-bond acceptors (Lipinski definition) is 4. The molecule has 0 bridgehead atoms. The van der Waals surface area contributed by atoms with Crippen molar-refractivity contribution in [1.82, 2.24) is 20.3 Å². The van der Waals surface area contributed by atoms with Gasteiger partial charge in [-0.3, -0.25) is 4.79 Å². The van der Waals surface area contributed by atoms with Gasteiger partial charge in [0.15, 0.2) is 0 Å².